The lowest BCUT2D eigenvalue weighted by Crippen LogP contribution is -2.50. The van der Waals surface area contributed by atoms with Crippen LogP contribution in [0.5, 0.6) is 0 Å². The summed E-state index contributed by atoms with van der Waals surface area (Å²) >= 11 is 0. The van der Waals surface area contributed by atoms with Crippen LogP contribution in [0.4, 0.5) is 0 Å². The lowest BCUT2D eigenvalue weighted by molar-refractivity contribution is -0.134. The van der Waals surface area contributed by atoms with E-state index >= 15 is 0 Å². The number of carbonyl (C=O) groups excluding carboxylic acids is 1. The molecule has 1 N–H and O–H groups in total. The summed E-state index contributed by atoms with van der Waals surface area (Å²) in [6, 6.07) is 10.2. The highest BCUT2D eigenvalue weighted by Crippen LogP contribution is 2.25. The van der Waals surface area contributed by atoms with Gasteiger partial charge in [-0.15, -0.1) is 0 Å². The average molecular weight is 464 g/mol. The van der Waals surface area contributed by atoms with Gasteiger partial charge in [0, 0.05) is 50.0 Å². The number of aliphatic imine (C=N–C) groups is 1. The molecule has 8 heteroatoms. The summed E-state index contributed by atoms with van der Waals surface area (Å²) in [5.41, 5.74) is 5.48. The second-order valence-electron chi connectivity index (χ2n) is 8.85. The predicted octanol–water partition coefficient (Wildman–Crippen LogP) is 2.89. The third kappa shape index (κ3) is 4.58. The van der Waals surface area contributed by atoms with Crippen molar-refractivity contribution in [1.29, 1.82) is 0 Å². The molecule has 1 amide bonds. The third-order valence-electron chi connectivity index (χ3n) is 6.33. The van der Waals surface area contributed by atoms with Crippen LogP contribution in [-0.4, -0.2) is 74.8 Å². The number of nitrogens with one attached hydrogen (secondary N) is 1. The maximum Gasteiger partial charge on any atom is 0.238 e. The van der Waals surface area contributed by atoms with Gasteiger partial charge in [-0.25, -0.2) is 8.51 Å². The number of likely N-dealkylation sites (N-methyl/N-ethyl adjacent to an activating group) is 1. The molecule has 172 valence electrons. The van der Waals surface area contributed by atoms with Gasteiger partial charge in [0.1, 0.15) is 21.8 Å². The van der Waals surface area contributed by atoms with E-state index in [0.717, 1.165) is 47.7 Å². The molecule has 0 saturated carbocycles. The molecule has 1 aromatic carbocycles. The van der Waals surface area contributed by atoms with Crippen molar-refractivity contribution >= 4 is 34.9 Å². The maximum atomic E-state index is 13.2. The van der Waals surface area contributed by atoms with Crippen molar-refractivity contribution in [3.8, 4) is 0 Å². The molecule has 7 nitrogen and oxygen atoms in total. The Kier molecular flexibility index (Phi) is 6.03. The first kappa shape index (κ1) is 21.9. The fourth-order valence-electron chi connectivity index (χ4n) is 4.46. The van der Waals surface area contributed by atoms with Gasteiger partial charge in [-0.1, -0.05) is 42.0 Å². The Morgan fingerprint density at radius 1 is 1.15 bits per heavy atom. The quantitative estimate of drug-likeness (QED) is 0.741. The molecule has 3 heterocycles. The molecule has 2 aliphatic heterocycles. The number of benzene rings is 1. The summed E-state index contributed by atoms with van der Waals surface area (Å²) in [6.45, 7) is 5.74. The largest absolute Gasteiger partial charge is 0.358 e. The van der Waals surface area contributed by atoms with Crippen molar-refractivity contribution < 1.29 is 9.00 Å². The highest BCUT2D eigenvalue weighted by atomic mass is 32.2. The molecular formula is C25H29N5O2S. The van der Waals surface area contributed by atoms with Crippen LogP contribution in [0.1, 0.15) is 35.7 Å². The van der Waals surface area contributed by atoms with Crippen LogP contribution in [0.3, 0.4) is 0 Å². The first-order valence-corrected chi connectivity index (χ1v) is 12.4. The molecule has 5 rings (SSSR count). The van der Waals surface area contributed by atoms with Gasteiger partial charge in [0.25, 0.3) is 0 Å². The maximum absolute atomic E-state index is 13.2. The summed E-state index contributed by atoms with van der Waals surface area (Å²) in [5, 5.41) is 0.646. The zero-order chi connectivity index (χ0) is 22.9. The Bertz CT molecular complexity index is 1180. The van der Waals surface area contributed by atoms with Gasteiger partial charge in [-0.2, -0.15) is 0 Å². The molecule has 3 aliphatic rings. The normalized spacial score (nSPS) is 19.9. The molecule has 0 radical (unpaired) electrons. The number of hydrogen-bond donors (Lipinski definition) is 1. The van der Waals surface area contributed by atoms with Crippen LogP contribution < -0.4 is 0 Å². The third-order valence-corrected chi connectivity index (χ3v) is 7.71. The van der Waals surface area contributed by atoms with Gasteiger partial charge < -0.3 is 14.8 Å². The lowest BCUT2D eigenvalue weighted by atomic mass is 10.1. The van der Waals surface area contributed by atoms with E-state index < -0.39 is 11.0 Å². The molecule has 33 heavy (non-hydrogen) atoms. The minimum absolute atomic E-state index is 0.00216. The summed E-state index contributed by atoms with van der Waals surface area (Å²) in [5.74, 6) is 1.03. The number of allylic oxidation sites excluding steroid dienone is 2. The van der Waals surface area contributed by atoms with Gasteiger partial charge in [0.05, 0.1) is 13.1 Å². The smallest absolute Gasteiger partial charge is 0.238 e. The standard InChI is InChI=1S/C25H29N5O2S/c1-18-4-3-5-22-21(14-18)15-23(27-22)33(32)30-13-12-29(24(31)17-30)16-19-6-8-20(9-7-19)25-26-10-11-28(25)2/h3,5-9,14-15,27H,4,10-13,16-17H2,1-2H3. The van der Waals surface area contributed by atoms with Gasteiger partial charge in [0.15, 0.2) is 0 Å². The number of fused-ring (bicyclic) bond motifs is 1. The number of aromatic amines is 1. The molecule has 0 bridgehead atoms. The Hall–Kier alpha value is -2.97. The SMILES string of the molecule is CC1=Cc2cc(S(=O)N3CCN(Cc4ccc(C5=NCCN5C)cc4)C(=O)C3)[nH]c2C=CC1. The van der Waals surface area contributed by atoms with Crippen LogP contribution in [-0.2, 0) is 22.3 Å². The second-order valence-corrected chi connectivity index (χ2v) is 10.3. The molecular weight excluding hydrogens is 434 g/mol. The fourth-order valence-corrected chi connectivity index (χ4v) is 5.64. The number of nitrogens with zero attached hydrogens (tertiary/aromatic N) is 4. The van der Waals surface area contributed by atoms with Crippen molar-refractivity contribution in [1.82, 2.24) is 19.1 Å². The Morgan fingerprint density at radius 2 is 1.97 bits per heavy atom. The van der Waals surface area contributed by atoms with E-state index in [4.69, 9.17) is 0 Å². The van der Waals surface area contributed by atoms with Crippen LogP contribution in [0.2, 0.25) is 0 Å². The Morgan fingerprint density at radius 3 is 2.70 bits per heavy atom. The topological polar surface area (TPSA) is 72.0 Å². The molecule has 1 unspecified atom stereocenters. The predicted molar refractivity (Wildman–Crippen MR) is 132 cm³/mol. The monoisotopic (exact) mass is 463 g/mol. The molecule has 1 fully saturated rings. The number of amidine groups is 1. The highest BCUT2D eigenvalue weighted by Gasteiger charge is 2.29. The Labute approximate surface area is 197 Å². The fraction of sp³-hybridized carbons (Fsp3) is 0.360. The summed E-state index contributed by atoms with van der Waals surface area (Å²) < 4.78 is 14.9. The van der Waals surface area contributed by atoms with E-state index in [1.807, 2.05) is 17.0 Å². The molecule has 1 aliphatic carbocycles. The van der Waals surface area contributed by atoms with E-state index in [1.165, 1.54) is 5.57 Å². The van der Waals surface area contributed by atoms with E-state index in [-0.39, 0.29) is 12.5 Å². The summed E-state index contributed by atoms with van der Waals surface area (Å²) in [6.07, 6.45) is 7.19. The molecule has 0 spiro atoms. The second kappa shape index (κ2) is 9.11. The molecule has 1 saturated heterocycles. The molecule has 2 aromatic rings. The minimum atomic E-state index is -1.39. The van der Waals surface area contributed by atoms with Crippen molar-refractivity contribution in [3.63, 3.8) is 0 Å². The van der Waals surface area contributed by atoms with Crippen LogP contribution in [0, 0.1) is 0 Å². The van der Waals surface area contributed by atoms with Gasteiger partial charge in [-0.05, 0) is 31.1 Å². The lowest BCUT2D eigenvalue weighted by Gasteiger charge is -2.33. The van der Waals surface area contributed by atoms with Gasteiger partial charge in [-0.3, -0.25) is 9.79 Å². The molecule has 1 aromatic heterocycles. The van der Waals surface area contributed by atoms with Crippen LogP contribution >= 0.6 is 0 Å². The highest BCUT2D eigenvalue weighted by molar-refractivity contribution is 7.82. The first-order chi connectivity index (χ1) is 16.0. The summed E-state index contributed by atoms with van der Waals surface area (Å²) in [7, 11) is 0.663. The van der Waals surface area contributed by atoms with Crippen molar-refractivity contribution in [2.75, 3.05) is 39.8 Å². The zero-order valence-electron chi connectivity index (χ0n) is 19.1. The number of amides is 1. The first-order valence-electron chi connectivity index (χ1n) is 11.3. The number of hydrogen-bond acceptors (Lipinski definition) is 4. The molecule has 1 atom stereocenters. The number of piperazine rings is 1. The van der Waals surface area contributed by atoms with Crippen molar-refractivity contribution in [2.45, 2.75) is 24.9 Å². The van der Waals surface area contributed by atoms with Crippen LogP contribution in [0.15, 0.2) is 52.0 Å². The van der Waals surface area contributed by atoms with E-state index in [0.29, 0.717) is 24.7 Å². The Balaban J connectivity index is 1.21. The van der Waals surface area contributed by atoms with Crippen molar-refractivity contribution in [3.05, 3.63) is 64.4 Å². The number of rotatable bonds is 5. The van der Waals surface area contributed by atoms with E-state index in [2.05, 4.69) is 65.3 Å². The van der Waals surface area contributed by atoms with Crippen molar-refractivity contribution in [2.24, 2.45) is 4.99 Å². The number of carbonyl (C=O) groups is 1. The summed E-state index contributed by atoms with van der Waals surface area (Å²) in [4.78, 5) is 24.7. The number of aromatic nitrogens is 1. The van der Waals surface area contributed by atoms with Crippen LogP contribution in [0.25, 0.3) is 12.2 Å². The van der Waals surface area contributed by atoms with E-state index in [9.17, 15) is 9.00 Å². The minimum Gasteiger partial charge on any atom is -0.358 e. The van der Waals surface area contributed by atoms with Gasteiger partial charge >= 0.3 is 0 Å². The van der Waals surface area contributed by atoms with Gasteiger partial charge in [0.2, 0.25) is 5.91 Å². The average Bonchev–Trinajstić information content (AvgIpc) is 3.37. The van der Waals surface area contributed by atoms with E-state index in [1.54, 1.807) is 4.31 Å². The number of H-pyrrole nitrogens is 1. The zero-order valence-corrected chi connectivity index (χ0v) is 19.9.